The fourth-order valence-electron chi connectivity index (χ4n) is 3.16. The molecule has 7 heteroatoms. The lowest BCUT2D eigenvalue weighted by atomic mass is 9.95. The van der Waals surface area contributed by atoms with E-state index in [1.165, 1.54) is 4.31 Å². The van der Waals surface area contributed by atoms with E-state index in [0.29, 0.717) is 29.4 Å². The maximum absolute atomic E-state index is 13.2. The van der Waals surface area contributed by atoms with Gasteiger partial charge in [0.05, 0.1) is 24.2 Å². The quantitative estimate of drug-likeness (QED) is 0.935. The number of benzene rings is 1. The molecule has 0 amide bonds. The molecule has 0 radical (unpaired) electrons. The highest BCUT2D eigenvalue weighted by atomic mass is 32.2. The largest absolute Gasteiger partial charge is 0.497 e. The third-order valence-corrected chi connectivity index (χ3v) is 6.26. The van der Waals surface area contributed by atoms with Crippen LogP contribution < -0.4 is 9.04 Å². The number of anilines is 1. The van der Waals surface area contributed by atoms with Gasteiger partial charge in [-0.2, -0.15) is 5.10 Å². The maximum atomic E-state index is 13.2. The summed E-state index contributed by atoms with van der Waals surface area (Å²) in [6.45, 7) is 5.94. The lowest BCUT2D eigenvalue weighted by Crippen LogP contribution is -2.39. The van der Waals surface area contributed by atoms with Crippen molar-refractivity contribution in [1.29, 1.82) is 0 Å². The average molecular weight is 335 g/mol. The molecule has 23 heavy (non-hydrogen) atoms. The highest BCUT2D eigenvalue weighted by Crippen LogP contribution is 2.37. The minimum atomic E-state index is -3.67. The van der Waals surface area contributed by atoms with E-state index in [-0.39, 0.29) is 10.8 Å². The standard InChI is InChI=1S/C16H21N3O3S/c1-10-7-13-5-6-14(22-4)8-15(13)19(9-10)23(20,21)16-11(2)17-18-12(16)3/h5-6,8,10H,7,9H2,1-4H3,(H,17,18). The van der Waals surface area contributed by atoms with Crippen LogP contribution in [0.1, 0.15) is 23.9 Å². The molecule has 0 aliphatic carbocycles. The molecule has 0 fully saturated rings. The molecule has 1 N–H and O–H groups in total. The Kier molecular flexibility index (Phi) is 3.83. The van der Waals surface area contributed by atoms with Crippen LogP contribution in [0.3, 0.4) is 0 Å². The van der Waals surface area contributed by atoms with Gasteiger partial charge in [0, 0.05) is 12.6 Å². The van der Waals surface area contributed by atoms with E-state index in [1.807, 2.05) is 12.1 Å². The van der Waals surface area contributed by atoms with Crippen LogP contribution in [0.25, 0.3) is 0 Å². The number of H-pyrrole nitrogens is 1. The highest BCUT2D eigenvalue weighted by Gasteiger charge is 2.35. The molecule has 1 unspecified atom stereocenters. The van der Waals surface area contributed by atoms with E-state index in [4.69, 9.17) is 4.74 Å². The number of nitrogens with one attached hydrogen (secondary N) is 1. The molecule has 6 nitrogen and oxygen atoms in total. The molecule has 0 spiro atoms. The van der Waals surface area contributed by atoms with Gasteiger partial charge in [-0.1, -0.05) is 13.0 Å². The van der Waals surface area contributed by atoms with Crippen molar-refractivity contribution in [1.82, 2.24) is 10.2 Å². The van der Waals surface area contributed by atoms with Crippen molar-refractivity contribution in [2.45, 2.75) is 32.1 Å². The summed E-state index contributed by atoms with van der Waals surface area (Å²) in [6.07, 6.45) is 0.856. The molecule has 1 aliphatic heterocycles. The first kappa shape index (κ1) is 15.9. The van der Waals surface area contributed by atoms with Gasteiger partial charge in [-0.05, 0) is 37.8 Å². The molecule has 0 saturated carbocycles. The second kappa shape index (κ2) is 5.56. The summed E-state index contributed by atoms with van der Waals surface area (Å²) in [7, 11) is -2.09. The van der Waals surface area contributed by atoms with Crippen molar-refractivity contribution < 1.29 is 13.2 Å². The minimum absolute atomic E-state index is 0.248. The van der Waals surface area contributed by atoms with E-state index < -0.39 is 10.0 Å². The van der Waals surface area contributed by atoms with E-state index in [9.17, 15) is 8.42 Å². The van der Waals surface area contributed by atoms with Crippen LogP contribution in [-0.2, 0) is 16.4 Å². The number of aromatic amines is 1. The van der Waals surface area contributed by atoms with Gasteiger partial charge in [-0.25, -0.2) is 8.42 Å². The number of rotatable bonds is 3. The summed E-state index contributed by atoms with van der Waals surface area (Å²) in [5, 5.41) is 6.79. The average Bonchev–Trinajstić information content (AvgIpc) is 2.85. The zero-order valence-electron chi connectivity index (χ0n) is 13.8. The summed E-state index contributed by atoms with van der Waals surface area (Å²) in [5.74, 6) is 0.900. The molecule has 0 saturated heterocycles. The van der Waals surface area contributed by atoms with Crippen molar-refractivity contribution in [3.8, 4) is 5.75 Å². The van der Waals surface area contributed by atoms with Crippen LogP contribution in [0.15, 0.2) is 23.1 Å². The predicted molar refractivity (Wildman–Crippen MR) is 88.5 cm³/mol. The van der Waals surface area contributed by atoms with Crippen molar-refractivity contribution in [2.24, 2.45) is 5.92 Å². The summed E-state index contributed by atoms with van der Waals surface area (Å²) >= 11 is 0. The van der Waals surface area contributed by atoms with Crippen LogP contribution in [0, 0.1) is 19.8 Å². The zero-order chi connectivity index (χ0) is 16.8. The molecule has 2 heterocycles. The number of hydrogen-bond acceptors (Lipinski definition) is 4. The highest BCUT2D eigenvalue weighted by molar-refractivity contribution is 7.93. The topological polar surface area (TPSA) is 75.3 Å². The van der Waals surface area contributed by atoms with Crippen molar-refractivity contribution in [2.75, 3.05) is 18.0 Å². The second-order valence-corrected chi connectivity index (χ2v) is 7.90. The molecule has 1 aromatic heterocycles. The van der Waals surface area contributed by atoms with Crippen LogP contribution in [0.4, 0.5) is 5.69 Å². The summed E-state index contributed by atoms with van der Waals surface area (Å²) < 4.78 is 33.2. The van der Waals surface area contributed by atoms with Crippen LogP contribution >= 0.6 is 0 Å². The number of aryl methyl sites for hydroxylation is 2. The van der Waals surface area contributed by atoms with Gasteiger partial charge < -0.3 is 4.74 Å². The molecule has 1 aromatic carbocycles. The predicted octanol–water partition coefficient (Wildman–Crippen LogP) is 2.42. The molecule has 124 valence electrons. The SMILES string of the molecule is COc1ccc2c(c1)N(S(=O)(=O)c1c(C)n[nH]c1C)CC(C)C2. The Bertz CT molecular complexity index is 823. The summed E-state index contributed by atoms with van der Waals surface area (Å²) in [4.78, 5) is 0.264. The molecular formula is C16H21N3O3S. The Morgan fingerprint density at radius 1 is 1.35 bits per heavy atom. The van der Waals surface area contributed by atoms with Gasteiger partial charge in [0.25, 0.3) is 10.0 Å². The first-order chi connectivity index (χ1) is 10.8. The van der Waals surface area contributed by atoms with Crippen LogP contribution in [0.2, 0.25) is 0 Å². The van der Waals surface area contributed by atoms with Gasteiger partial charge in [-0.3, -0.25) is 9.40 Å². The zero-order valence-corrected chi connectivity index (χ0v) is 14.6. The van der Waals surface area contributed by atoms with E-state index in [2.05, 4.69) is 17.1 Å². The maximum Gasteiger partial charge on any atom is 0.268 e. The number of methoxy groups -OCH3 is 1. The van der Waals surface area contributed by atoms with Crippen molar-refractivity contribution in [3.05, 3.63) is 35.2 Å². The van der Waals surface area contributed by atoms with Gasteiger partial charge in [0.2, 0.25) is 0 Å². The Balaban J connectivity index is 2.17. The summed E-state index contributed by atoms with van der Waals surface area (Å²) in [5.41, 5.74) is 2.77. The summed E-state index contributed by atoms with van der Waals surface area (Å²) in [6, 6.07) is 5.61. The van der Waals surface area contributed by atoms with Crippen LogP contribution in [-0.4, -0.2) is 32.3 Å². The van der Waals surface area contributed by atoms with E-state index in [1.54, 1.807) is 27.0 Å². The number of sulfonamides is 1. The Morgan fingerprint density at radius 2 is 2.09 bits per heavy atom. The monoisotopic (exact) mass is 335 g/mol. The second-order valence-electron chi connectivity index (χ2n) is 6.10. The Hall–Kier alpha value is -2.02. The van der Waals surface area contributed by atoms with Crippen molar-refractivity contribution in [3.63, 3.8) is 0 Å². The molecular weight excluding hydrogens is 314 g/mol. The lowest BCUT2D eigenvalue weighted by Gasteiger charge is -2.34. The number of hydrogen-bond donors (Lipinski definition) is 1. The van der Waals surface area contributed by atoms with Crippen LogP contribution in [0.5, 0.6) is 5.75 Å². The van der Waals surface area contributed by atoms with Gasteiger partial charge in [0.1, 0.15) is 10.6 Å². The van der Waals surface area contributed by atoms with Gasteiger partial charge >= 0.3 is 0 Å². The first-order valence-corrected chi connectivity index (χ1v) is 8.99. The molecule has 0 bridgehead atoms. The fourth-order valence-corrected chi connectivity index (χ4v) is 5.11. The van der Waals surface area contributed by atoms with E-state index >= 15 is 0 Å². The molecule has 1 aliphatic rings. The number of fused-ring (bicyclic) bond motifs is 1. The fraction of sp³-hybridized carbons (Fsp3) is 0.438. The van der Waals surface area contributed by atoms with E-state index in [0.717, 1.165) is 12.0 Å². The molecule has 1 atom stereocenters. The molecule has 2 aromatic rings. The number of nitrogens with zero attached hydrogens (tertiary/aromatic N) is 2. The normalized spacial score (nSPS) is 17.9. The minimum Gasteiger partial charge on any atom is -0.497 e. The smallest absolute Gasteiger partial charge is 0.268 e. The van der Waals surface area contributed by atoms with Gasteiger partial charge in [0.15, 0.2) is 0 Å². The lowest BCUT2D eigenvalue weighted by molar-refractivity contribution is 0.414. The Labute approximate surface area is 136 Å². The van der Waals surface area contributed by atoms with Gasteiger partial charge in [-0.15, -0.1) is 0 Å². The number of ether oxygens (including phenoxy) is 1. The third kappa shape index (κ3) is 2.59. The third-order valence-electron chi connectivity index (χ3n) is 4.22. The Morgan fingerprint density at radius 3 is 2.70 bits per heavy atom. The number of aromatic nitrogens is 2. The van der Waals surface area contributed by atoms with Crippen molar-refractivity contribution >= 4 is 15.7 Å². The first-order valence-electron chi connectivity index (χ1n) is 7.55. The molecule has 3 rings (SSSR count).